The van der Waals surface area contributed by atoms with E-state index in [9.17, 15) is 24.6 Å². The minimum Gasteiger partial charge on any atom is -0.549 e. The van der Waals surface area contributed by atoms with Crippen molar-refractivity contribution in [3.8, 4) is 0 Å². The number of rotatable bonds is 5. The highest BCUT2D eigenvalue weighted by molar-refractivity contribution is 5.91. The van der Waals surface area contributed by atoms with Crippen LogP contribution in [0.1, 0.15) is 6.42 Å². The monoisotopic (exact) mass is 228 g/mol. The van der Waals surface area contributed by atoms with E-state index in [0.717, 1.165) is 0 Å². The zero-order valence-electron chi connectivity index (χ0n) is 8.13. The number of cyclic esters (lactones) is 2. The number of aliphatic carboxylic acids is 2. The quantitative estimate of drug-likeness (QED) is 0.380. The first kappa shape index (κ1) is 12.0. The SMILES string of the molecule is C=C(C(=O)[O-])C(CC1COC(=O)O1)C(=O)[O-]. The standard InChI is InChI=1S/C9H10O7/c1-4(7(10)11)6(8(12)13)2-5-3-15-9(14)16-5/h5-6H,1-3H2,(H,10,11)(H,12,13)/p-2. The third kappa shape index (κ3) is 2.72. The van der Waals surface area contributed by atoms with E-state index in [2.05, 4.69) is 16.1 Å². The Morgan fingerprint density at radius 1 is 1.50 bits per heavy atom. The average Bonchev–Trinajstić information content (AvgIpc) is 2.59. The van der Waals surface area contributed by atoms with E-state index < -0.39 is 35.7 Å². The summed E-state index contributed by atoms with van der Waals surface area (Å²) < 4.78 is 8.98. The molecule has 1 aliphatic heterocycles. The van der Waals surface area contributed by atoms with E-state index in [0.29, 0.717) is 0 Å². The molecule has 1 saturated heterocycles. The Morgan fingerprint density at radius 2 is 2.12 bits per heavy atom. The van der Waals surface area contributed by atoms with Crippen LogP contribution in [-0.2, 0) is 19.1 Å². The summed E-state index contributed by atoms with van der Waals surface area (Å²) in [6.07, 6.45) is -1.99. The molecule has 7 nitrogen and oxygen atoms in total. The van der Waals surface area contributed by atoms with Crippen LogP contribution in [0.4, 0.5) is 4.79 Å². The predicted octanol–water partition coefficient (Wildman–Crippen LogP) is -2.42. The molecule has 0 aromatic carbocycles. The highest BCUT2D eigenvalue weighted by Gasteiger charge is 2.29. The Bertz CT molecular complexity index is 346. The van der Waals surface area contributed by atoms with Crippen molar-refractivity contribution in [3.63, 3.8) is 0 Å². The Hall–Kier alpha value is -2.05. The van der Waals surface area contributed by atoms with E-state index in [1.54, 1.807) is 0 Å². The molecule has 0 radical (unpaired) electrons. The van der Waals surface area contributed by atoms with Gasteiger partial charge < -0.3 is 29.3 Å². The Kier molecular flexibility index (Phi) is 3.49. The lowest BCUT2D eigenvalue weighted by Gasteiger charge is -2.22. The molecule has 0 aromatic heterocycles. The molecule has 1 fully saturated rings. The second kappa shape index (κ2) is 4.65. The average molecular weight is 228 g/mol. The lowest BCUT2D eigenvalue weighted by molar-refractivity contribution is -0.315. The van der Waals surface area contributed by atoms with Gasteiger partial charge in [-0.25, -0.2) is 4.79 Å². The Morgan fingerprint density at radius 3 is 2.50 bits per heavy atom. The molecule has 0 bridgehead atoms. The molecule has 0 amide bonds. The zero-order valence-corrected chi connectivity index (χ0v) is 8.13. The van der Waals surface area contributed by atoms with Crippen molar-refractivity contribution in [2.24, 2.45) is 5.92 Å². The van der Waals surface area contributed by atoms with Gasteiger partial charge in [-0.05, 0) is 5.57 Å². The van der Waals surface area contributed by atoms with Crippen molar-refractivity contribution >= 4 is 18.1 Å². The van der Waals surface area contributed by atoms with Crippen LogP contribution >= 0.6 is 0 Å². The molecule has 0 spiro atoms. The van der Waals surface area contributed by atoms with Gasteiger partial charge in [0.25, 0.3) is 0 Å². The molecule has 0 aromatic rings. The summed E-state index contributed by atoms with van der Waals surface area (Å²) >= 11 is 0. The van der Waals surface area contributed by atoms with E-state index in [1.807, 2.05) is 0 Å². The van der Waals surface area contributed by atoms with Crippen LogP contribution < -0.4 is 10.2 Å². The van der Waals surface area contributed by atoms with Crippen LogP contribution in [0.5, 0.6) is 0 Å². The largest absolute Gasteiger partial charge is 0.549 e. The summed E-state index contributed by atoms with van der Waals surface area (Å²) in [5.74, 6) is -4.76. The van der Waals surface area contributed by atoms with Crippen molar-refractivity contribution in [3.05, 3.63) is 12.2 Å². The van der Waals surface area contributed by atoms with Gasteiger partial charge in [0, 0.05) is 18.3 Å². The number of carboxylic acids is 2. The van der Waals surface area contributed by atoms with Crippen LogP contribution in [0.2, 0.25) is 0 Å². The summed E-state index contributed by atoms with van der Waals surface area (Å²) in [5.41, 5.74) is -0.622. The molecule has 0 saturated carbocycles. The summed E-state index contributed by atoms with van der Waals surface area (Å²) in [6.45, 7) is 2.95. The molecular formula is C9H8O7-2. The molecule has 7 heteroatoms. The van der Waals surface area contributed by atoms with Gasteiger partial charge in [0.1, 0.15) is 12.7 Å². The fourth-order valence-corrected chi connectivity index (χ4v) is 1.27. The van der Waals surface area contributed by atoms with Crippen LogP contribution in [0, 0.1) is 5.92 Å². The lowest BCUT2D eigenvalue weighted by atomic mass is 9.94. The van der Waals surface area contributed by atoms with E-state index in [4.69, 9.17) is 0 Å². The molecular weight excluding hydrogens is 220 g/mol. The van der Waals surface area contributed by atoms with E-state index in [1.165, 1.54) is 0 Å². The number of carbonyl (C=O) groups excluding carboxylic acids is 3. The van der Waals surface area contributed by atoms with Gasteiger partial charge in [0.05, 0.1) is 5.97 Å². The van der Waals surface area contributed by atoms with Crippen molar-refractivity contribution < 1.29 is 34.1 Å². The molecule has 0 aliphatic carbocycles. The minimum absolute atomic E-state index is 0.122. The topological polar surface area (TPSA) is 116 Å². The van der Waals surface area contributed by atoms with Gasteiger partial charge in [-0.3, -0.25) is 0 Å². The molecule has 1 aliphatic rings. The molecule has 88 valence electrons. The van der Waals surface area contributed by atoms with Crippen molar-refractivity contribution in [2.45, 2.75) is 12.5 Å². The van der Waals surface area contributed by atoms with Crippen LogP contribution in [0.25, 0.3) is 0 Å². The number of carboxylic acid groups (broad SMARTS) is 2. The Balaban J connectivity index is 2.65. The maximum atomic E-state index is 10.7. The summed E-state index contributed by atoms with van der Waals surface area (Å²) in [6, 6.07) is 0. The molecule has 0 N–H and O–H groups in total. The first-order chi connectivity index (χ1) is 7.41. The van der Waals surface area contributed by atoms with Gasteiger partial charge in [-0.2, -0.15) is 0 Å². The fourth-order valence-electron chi connectivity index (χ4n) is 1.27. The Labute approximate surface area is 90.3 Å². The van der Waals surface area contributed by atoms with Crippen molar-refractivity contribution in [1.29, 1.82) is 0 Å². The van der Waals surface area contributed by atoms with Gasteiger partial charge in [0.2, 0.25) is 0 Å². The third-order valence-corrected chi connectivity index (χ3v) is 2.12. The molecule has 1 heterocycles. The second-order valence-corrected chi connectivity index (χ2v) is 3.22. The molecule has 2 unspecified atom stereocenters. The lowest BCUT2D eigenvalue weighted by Crippen LogP contribution is -2.40. The van der Waals surface area contributed by atoms with Crippen molar-refractivity contribution in [1.82, 2.24) is 0 Å². The van der Waals surface area contributed by atoms with Crippen molar-refractivity contribution in [2.75, 3.05) is 6.61 Å². The third-order valence-electron chi connectivity index (χ3n) is 2.12. The highest BCUT2D eigenvalue weighted by atomic mass is 16.8. The molecule has 2 atom stereocenters. The number of carbonyl (C=O) groups is 3. The fraction of sp³-hybridized carbons (Fsp3) is 0.444. The molecule has 1 rings (SSSR count). The summed E-state index contributed by atoms with van der Waals surface area (Å²) in [7, 11) is 0. The maximum absolute atomic E-state index is 10.7. The maximum Gasteiger partial charge on any atom is 0.508 e. The first-order valence-electron chi connectivity index (χ1n) is 4.36. The predicted molar refractivity (Wildman–Crippen MR) is 43.5 cm³/mol. The van der Waals surface area contributed by atoms with Gasteiger partial charge in [0.15, 0.2) is 0 Å². The van der Waals surface area contributed by atoms with Gasteiger partial charge in [-0.15, -0.1) is 0 Å². The van der Waals surface area contributed by atoms with Crippen LogP contribution in [0.3, 0.4) is 0 Å². The van der Waals surface area contributed by atoms with Gasteiger partial charge in [-0.1, -0.05) is 6.58 Å². The van der Waals surface area contributed by atoms with E-state index in [-0.39, 0.29) is 13.0 Å². The second-order valence-electron chi connectivity index (χ2n) is 3.22. The minimum atomic E-state index is -1.68. The first-order valence-corrected chi connectivity index (χ1v) is 4.36. The smallest absolute Gasteiger partial charge is 0.508 e. The van der Waals surface area contributed by atoms with Crippen LogP contribution in [0.15, 0.2) is 12.2 Å². The number of ether oxygens (including phenoxy) is 2. The van der Waals surface area contributed by atoms with E-state index >= 15 is 0 Å². The summed E-state index contributed by atoms with van der Waals surface area (Å²) in [5, 5.41) is 21.1. The van der Waals surface area contributed by atoms with Gasteiger partial charge >= 0.3 is 6.16 Å². The summed E-state index contributed by atoms with van der Waals surface area (Å²) in [4.78, 5) is 31.7. The number of hydrogen-bond donors (Lipinski definition) is 0. The number of hydrogen-bond acceptors (Lipinski definition) is 7. The zero-order chi connectivity index (χ0) is 12.3. The molecule has 16 heavy (non-hydrogen) atoms. The normalized spacial score (nSPS) is 20.8. The highest BCUT2D eigenvalue weighted by Crippen LogP contribution is 2.20. The van der Waals surface area contributed by atoms with Crippen LogP contribution in [-0.4, -0.2) is 30.8 Å².